The summed E-state index contributed by atoms with van der Waals surface area (Å²) in [5.74, 6) is 1.77. The van der Waals surface area contributed by atoms with Crippen molar-refractivity contribution in [3.63, 3.8) is 0 Å². The van der Waals surface area contributed by atoms with Crippen LogP contribution in [0.1, 0.15) is 43.7 Å². The molecule has 2 aliphatic rings. The topological polar surface area (TPSA) is 101 Å². The van der Waals surface area contributed by atoms with Crippen LogP contribution in [-0.4, -0.2) is 40.5 Å². The first kappa shape index (κ1) is 16.7. The lowest BCUT2D eigenvalue weighted by molar-refractivity contribution is 0.0999. The molecule has 8 nitrogen and oxygen atoms in total. The Labute approximate surface area is 151 Å². The molecule has 3 heterocycles. The fourth-order valence-electron chi connectivity index (χ4n) is 3.45. The Morgan fingerprint density at radius 2 is 2.12 bits per heavy atom. The number of carbonyl (C=O) groups is 1. The lowest BCUT2D eigenvalue weighted by Gasteiger charge is -2.13. The van der Waals surface area contributed by atoms with Crippen LogP contribution in [0.25, 0.3) is 0 Å². The number of rotatable bonds is 0. The molecule has 3 N–H and O–H groups in total. The number of aromatic nitrogens is 3. The highest BCUT2D eigenvalue weighted by atomic mass is 16.6. The molecule has 0 unspecified atom stereocenters. The van der Waals surface area contributed by atoms with Crippen LogP contribution in [0.15, 0.2) is 24.5 Å². The molecule has 1 saturated carbocycles. The standard InChI is InChI=1S/C18H23N5O3/c24-18-20-5-1-2-6-25-15-8-13(10-19-11-15)21-17-9-16(22-23-17)12-3-4-14(7-12)26-18/h8-12,14H,1-7H2,(H,20,24)(H2,21,22,23)/t12-,14+/m0/s1. The minimum Gasteiger partial charge on any atom is -0.492 e. The second-order valence-corrected chi connectivity index (χ2v) is 6.76. The van der Waals surface area contributed by atoms with Gasteiger partial charge in [0.25, 0.3) is 0 Å². The molecule has 1 amide bonds. The molecule has 0 saturated heterocycles. The first-order valence-electron chi connectivity index (χ1n) is 9.11. The SMILES string of the molecule is O=C1NCCCCOc2cncc(c2)Nc2cc([nH]n2)[C@H]2CC[C@H](C2)O1. The maximum absolute atomic E-state index is 11.9. The second kappa shape index (κ2) is 7.63. The smallest absolute Gasteiger partial charge is 0.407 e. The Kier molecular flexibility index (Phi) is 4.90. The molecule has 0 aromatic carbocycles. The Balaban J connectivity index is 1.51. The van der Waals surface area contributed by atoms with E-state index in [-0.39, 0.29) is 12.2 Å². The summed E-state index contributed by atoms with van der Waals surface area (Å²) >= 11 is 0. The lowest BCUT2D eigenvalue weighted by atomic mass is 10.0. The number of aromatic amines is 1. The third-order valence-corrected chi connectivity index (χ3v) is 4.79. The van der Waals surface area contributed by atoms with E-state index in [2.05, 4.69) is 25.8 Å². The number of H-pyrrole nitrogens is 1. The molecule has 1 aliphatic carbocycles. The lowest BCUT2D eigenvalue weighted by Crippen LogP contribution is -2.29. The van der Waals surface area contributed by atoms with Crippen LogP contribution >= 0.6 is 0 Å². The fourth-order valence-corrected chi connectivity index (χ4v) is 3.45. The van der Waals surface area contributed by atoms with Crippen molar-refractivity contribution in [3.05, 3.63) is 30.2 Å². The summed E-state index contributed by atoms with van der Waals surface area (Å²) < 4.78 is 11.3. The Bertz CT molecular complexity index is 763. The predicted molar refractivity (Wildman–Crippen MR) is 95.7 cm³/mol. The van der Waals surface area contributed by atoms with Gasteiger partial charge in [0.05, 0.1) is 24.7 Å². The first-order valence-corrected chi connectivity index (χ1v) is 9.11. The molecule has 6 bridgehead atoms. The summed E-state index contributed by atoms with van der Waals surface area (Å²) in [6.07, 6.45) is 7.41. The van der Waals surface area contributed by atoms with Crippen LogP contribution in [0.3, 0.4) is 0 Å². The van der Waals surface area contributed by atoms with Crippen molar-refractivity contribution < 1.29 is 14.3 Å². The normalized spacial score (nSPS) is 23.6. The van der Waals surface area contributed by atoms with E-state index in [4.69, 9.17) is 9.47 Å². The molecule has 4 rings (SSSR count). The van der Waals surface area contributed by atoms with Gasteiger partial charge in [0.1, 0.15) is 11.9 Å². The zero-order valence-electron chi connectivity index (χ0n) is 14.5. The molecule has 2 aromatic rings. The highest BCUT2D eigenvalue weighted by molar-refractivity contribution is 5.67. The van der Waals surface area contributed by atoms with Gasteiger partial charge in [0, 0.05) is 30.3 Å². The molecule has 2 aromatic heterocycles. The van der Waals surface area contributed by atoms with E-state index in [0.29, 0.717) is 24.8 Å². The fraction of sp³-hybridized carbons (Fsp3) is 0.500. The third-order valence-electron chi connectivity index (χ3n) is 4.79. The molecule has 2 atom stereocenters. The molecular formula is C18H23N5O3. The zero-order valence-corrected chi connectivity index (χ0v) is 14.5. The van der Waals surface area contributed by atoms with E-state index in [1.165, 1.54) is 0 Å². The molecule has 1 aliphatic heterocycles. The van der Waals surface area contributed by atoms with Crippen LogP contribution in [0.4, 0.5) is 16.3 Å². The quantitative estimate of drug-likeness (QED) is 0.670. The van der Waals surface area contributed by atoms with E-state index in [1.54, 1.807) is 12.4 Å². The second-order valence-electron chi connectivity index (χ2n) is 6.76. The monoisotopic (exact) mass is 357 g/mol. The van der Waals surface area contributed by atoms with Gasteiger partial charge in [-0.3, -0.25) is 10.1 Å². The van der Waals surface area contributed by atoms with Gasteiger partial charge >= 0.3 is 6.09 Å². The number of anilines is 2. The average molecular weight is 357 g/mol. The minimum absolute atomic E-state index is 0.0391. The van der Waals surface area contributed by atoms with E-state index in [0.717, 1.165) is 49.3 Å². The van der Waals surface area contributed by atoms with E-state index in [1.807, 2.05) is 12.1 Å². The summed E-state index contributed by atoms with van der Waals surface area (Å²) in [5.41, 5.74) is 1.89. The number of hydrogen-bond donors (Lipinski definition) is 3. The van der Waals surface area contributed by atoms with Gasteiger partial charge in [-0.2, -0.15) is 5.10 Å². The van der Waals surface area contributed by atoms with Crippen molar-refractivity contribution in [2.24, 2.45) is 0 Å². The number of hydrogen-bond acceptors (Lipinski definition) is 6. The number of fused-ring (bicyclic) bond motifs is 7. The van der Waals surface area contributed by atoms with Crippen LogP contribution in [0, 0.1) is 0 Å². The van der Waals surface area contributed by atoms with Crippen molar-refractivity contribution in [2.45, 2.75) is 44.1 Å². The van der Waals surface area contributed by atoms with Gasteiger partial charge in [0.15, 0.2) is 5.82 Å². The summed E-state index contributed by atoms with van der Waals surface area (Å²) in [4.78, 5) is 16.1. The molecule has 26 heavy (non-hydrogen) atoms. The Morgan fingerprint density at radius 1 is 1.15 bits per heavy atom. The van der Waals surface area contributed by atoms with Gasteiger partial charge in [0.2, 0.25) is 0 Å². The van der Waals surface area contributed by atoms with Crippen LogP contribution in [-0.2, 0) is 4.74 Å². The maximum atomic E-state index is 11.9. The summed E-state index contributed by atoms with van der Waals surface area (Å²) in [6.45, 7) is 1.15. The van der Waals surface area contributed by atoms with Crippen molar-refractivity contribution in [1.29, 1.82) is 0 Å². The number of ether oxygens (including phenoxy) is 2. The number of nitrogens with one attached hydrogen (secondary N) is 3. The average Bonchev–Trinajstić information content (AvgIpc) is 3.27. The molecule has 8 heteroatoms. The largest absolute Gasteiger partial charge is 0.492 e. The van der Waals surface area contributed by atoms with Gasteiger partial charge < -0.3 is 20.1 Å². The van der Waals surface area contributed by atoms with Gasteiger partial charge in [-0.25, -0.2) is 4.79 Å². The van der Waals surface area contributed by atoms with Gasteiger partial charge in [-0.1, -0.05) is 0 Å². The summed E-state index contributed by atoms with van der Waals surface area (Å²) in [5, 5.41) is 13.5. The number of nitrogens with zero attached hydrogens (tertiary/aromatic N) is 2. The number of alkyl carbamates (subject to hydrolysis) is 1. The highest BCUT2D eigenvalue weighted by Gasteiger charge is 2.29. The molecule has 138 valence electrons. The maximum Gasteiger partial charge on any atom is 0.407 e. The van der Waals surface area contributed by atoms with Crippen molar-refractivity contribution in [3.8, 4) is 5.75 Å². The third kappa shape index (κ3) is 4.07. The van der Waals surface area contributed by atoms with Gasteiger partial charge in [-0.05, 0) is 32.1 Å². The number of pyridine rings is 1. The first-order chi connectivity index (χ1) is 12.8. The molecular weight excluding hydrogens is 334 g/mol. The van der Waals surface area contributed by atoms with E-state index >= 15 is 0 Å². The van der Waals surface area contributed by atoms with E-state index < -0.39 is 0 Å². The van der Waals surface area contributed by atoms with Crippen molar-refractivity contribution in [2.75, 3.05) is 18.5 Å². The minimum atomic E-state index is -0.332. The Morgan fingerprint density at radius 3 is 3.08 bits per heavy atom. The van der Waals surface area contributed by atoms with E-state index in [9.17, 15) is 4.79 Å². The zero-order chi connectivity index (χ0) is 17.8. The highest BCUT2D eigenvalue weighted by Crippen LogP contribution is 2.36. The molecule has 0 spiro atoms. The summed E-state index contributed by atoms with van der Waals surface area (Å²) in [7, 11) is 0. The molecule has 1 fully saturated rings. The van der Waals surface area contributed by atoms with Crippen LogP contribution in [0.2, 0.25) is 0 Å². The predicted octanol–water partition coefficient (Wildman–Crippen LogP) is 3.08. The Hall–Kier alpha value is -2.77. The van der Waals surface area contributed by atoms with Gasteiger partial charge in [-0.15, -0.1) is 0 Å². The number of amides is 1. The summed E-state index contributed by atoms with van der Waals surface area (Å²) in [6, 6.07) is 3.91. The van der Waals surface area contributed by atoms with Crippen molar-refractivity contribution >= 4 is 17.6 Å². The van der Waals surface area contributed by atoms with Crippen LogP contribution in [0.5, 0.6) is 5.75 Å². The number of carbonyl (C=O) groups excluding carboxylic acids is 1. The molecule has 0 radical (unpaired) electrons. The van der Waals surface area contributed by atoms with Crippen LogP contribution < -0.4 is 15.4 Å². The van der Waals surface area contributed by atoms with Crippen molar-refractivity contribution in [1.82, 2.24) is 20.5 Å².